The van der Waals surface area contributed by atoms with Gasteiger partial charge in [0.2, 0.25) is 10.0 Å². The van der Waals surface area contributed by atoms with Crippen LogP contribution < -0.4 is 5.32 Å². The van der Waals surface area contributed by atoms with E-state index in [-0.39, 0.29) is 16.7 Å². The van der Waals surface area contributed by atoms with Crippen molar-refractivity contribution in [1.29, 1.82) is 0 Å². The molecule has 1 aromatic heterocycles. The Morgan fingerprint density at radius 2 is 1.76 bits per heavy atom. The van der Waals surface area contributed by atoms with Gasteiger partial charge in [-0.25, -0.2) is 13.4 Å². The normalized spacial score (nSPS) is 15.4. The Hall–Kier alpha value is -2.10. The molecule has 1 saturated carbocycles. The minimum atomic E-state index is -3.60. The molecule has 1 aliphatic carbocycles. The predicted octanol–water partition coefficient (Wildman–Crippen LogP) is 3.86. The number of carbonyl (C=O) groups excluding carboxylic acids is 2. The summed E-state index contributed by atoms with van der Waals surface area (Å²) in [5.74, 6) is -0.504. The van der Waals surface area contributed by atoms with E-state index < -0.39 is 15.9 Å². The van der Waals surface area contributed by atoms with Crippen LogP contribution in [-0.4, -0.2) is 42.5 Å². The van der Waals surface area contributed by atoms with Crippen LogP contribution in [0.15, 0.2) is 29.2 Å². The number of nitrogens with zero attached hydrogens (tertiary/aromatic N) is 2. The highest BCUT2D eigenvalue weighted by molar-refractivity contribution is 7.89. The zero-order valence-electron chi connectivity index (χ0n) is 16.8. The zero-order valence-corrected chi connectivity index (χ0v) is 18.4. The second-order valence-corrected chi connectivity index (χ2v) is 10.3. The molecular weight excluding hydrogens is 410 g/mol. The average molecular weight is 436 g/mol. The van der Waals surface area contributed by atoms with Gasteiger partial charge < -0.3 is 0 Å². The van der Waals surface area contributed by atoms with Gasteiger partial charge in [-0.1, -0.05) is 30.6 Å². The van der Waals surface area contributed by atoms with Crippen molar-refractivity contribution in [2.24, 2.45) is 0 Å². The molecule has 1 fully saturated rings. The van der Waals surface area contributed by atoms with Crippen molar-refractivity contribution in [3.05, 3.63) is 40.4 Å². The minimum absolute atomic E-state index is 0.0281. The summed E-state index contributed by atoms with van der Waals surface area (Å²) in [6.45, 7) is 3.17. The van der Waals surface area contributed by atoms with Crippen molar-refractivity contribution in [2.75, 3.05) is 12.4 Å². The third-order valence-electron chi connectivity index (χ3n) is 5.22. The minimum Gasteiger partial charge on any atom is -0.298 e. The highest BCUT2D eigenvalue weighted by Crippen LogP contribution is 2.27. The van der Waals surface area contributed by atoms with Gasteiger partial charge in [-0.05, 0) is 44.0 Å². The van der Waals surface area contributed by atoms with Crippen LogP contribution in [0.5, 0.6) is 0 Å². The maximum atomic E-state index is 12.9. The number of hydrogen-bond acceptors (Lipinski definition) is 6. The largest absolute Gasteiger partial charge is 0.298 e. The fourth-order valence-electron chi connectivity index (χ4n) is 3.53. The van der Waals surface area contributed by atoms with Gasteiger partial charge in [0.15, 0.2) is 10.9 Å². The third kappa shape index (κ3) is 4.73. The van der Waals surface area contributed by atoms with Gasteiger partial charge in [-0.2, -0.15) is 4.31 Å². The first-order valence-electron chi connectivity index (χ1n) is 9.58. The van der Waals surface area contributed by atoms with Crippen LogP contribution in [0, 0.1) is 6.92 Å². The van der Waals surface area contributed by atoms with Crippen LogP contribution in [0.2, 0.25) is 0 Å². The van der Waals surface area contributed by atoms with E-state index in [0.29, 0.717) is 21.3 Å². The van der Waals surface area contributed by atoms with E-state index >= 15 is 0 Å². The molecule has 0 bridgehead atoms. The highest BCUT2D eigenvalue weighted by Gasteiger charge is 2.29. The van der Waals surface area contributed by atoms with E-state index in [1.54, 1.807) is 14.0 Å². The molecule has 0 saturated heterocycles. The first-order valence-corrected chi connectivity index (χ1v) is 11.8. The van der Waals surface area contributed by atoms with E-state index in [4.69, 9.17) is 0 Å². The topological polar surface area (TPSA) is 96.4 Å². The van der Waals surface area contributed by atoms with Crippen LogP contribution in [-0.2, 0) is 10.0 Å². The Balaban J connectivity index is 1.72. The Morgan fingerprint density at radius 3 is 2.31 bits per heavy atom. The summed E-state index contributed by atoms with van der Waals surface area (Å²) in [5, 5.41) is 3.00. The van der Waals surface area contributed by atoms with Crippen molar-refractivity contribution in [3.63, 3.8) is 0 Å². The smallest absolute Gasteiger partial charge is 0.257 e. The molecule has 0 radical (unpaired) electrons. The zero-order chi connectivity index (χ0) is 21.2. The lowest BCUT2D eigenvalue weighted by Gasteiger charge is -2.30. The van der Waals surface area contributed by atoms with Gasteiger partial charge in [0.1, 0.15) is 0 Å². The van der Waals surface area contributed by atoms with Gasteiger partial charge >= 0.3 is 0 Å². The van der Waals surface area contributed by atoms with Crippen LogP contribution in [0.1, 0.15) is 64.8 Å². The summed E-state index contributed by atoms with van der Waals surface area (Å²) in [7, 11) is -1.97. The number of aromatic nitrogens is 1. The number of aryl methyl sites for hydroxylation is 1. The van der Waals surface area contributed by atoms with E-state index in [0.717, 1.165) is 43.4 Å². The first kappa shape index (κ1) is 21.6. The first-order chi connectivity index (χ1) is 13.7. The summed E-state index contributed by atoms with van der Waals surface area (Å²) in [5.41, 5.74) is 0.895. The number of amides is 1. The number of rotatable bonds is 6. The van der Waals surface area contributed by atoms with E-state index in [9.17, 15) is 18.0 Å². The molecule has 1 amide bonds. The summed E-state index contributed by atoms with van der Waals surface area (Å²) in [6, 6.07) is 5.92. The fraction of sp³-hybridized carbons (Fsp3) is 0.450. The van der Waals surface area contributed by atoms with Crippen molar-refractivity contribution in [1.82, 2.24) is 9.29 Å². The van der Waals surface area contributed by atoms with E-state index in [2.05, 4.69) is 10.3 Å². The number of hydrogen-bond donors (Lipinski definition) is 1. The molecule has 1 N–H and O–H groups in total. The Kier molecular flexibility index (Phi) is 6.50. The molecule has 0 unspecified atom stereocenters. The molecule has 29 heavy (non-hydrogen) atoms. The van der Waals surface area contributed by atoms with Gasteiger partial charge in [0.05, 0.1) is 15.5 Å². The fourth-order valence-corrected chi connectivity index (χ4v) is 5.80. The predicted molar refractivity (Wildman–Crippen MR) is 113 cm³/mol. The van der Waals surface area contributed by atoms with Gasteiger partial charge in [-0.15, -0.1) is 0 Å². The van der Waals surface area contributed by atoms with E-state index in [1.165, 1.54) is 35.5 Å². The standard InChI is InChI=1S/C20H25N3O4S2/c1-13-18(14(2)24)28-20(21-13)22-19(25)15-9-11-17(12-10-15)29(26,27)23(3)16-7-5-4-6-8-16/h9-12,16H,4-8H2,1-3H3,(H,21,22,25). The summed E-state index contributed by atoms with van der Waals surface area (Å²) in [4.78, 5) is 28.9. The Morgan fingerprint density at radius 1 is 1.14 bits per heavy atom. The molecular formula is C20H25N3O4S2. The summed E-state index contributed by atoms with van der Waals surface area (Å²) >= 11 is 1.12. The van der Waals surface area contributed by atoms with Crippen molar-refractivity contribution < 1.29 is 18.0 Å². The third-order valence-corrected chi connectivity index (χ3v) is 8.32. The number of thiazole rings is 1. The number of Topliss-reactive ketones (excluding diaryl/α,β-unsaturated/α-hetero) is 1. The van der Waals surface area contributed by atoms with Crippen molar-refractivity contribution in [2.45, 2.75) is 56.9 Å². The number of anilines is 1. The van der Waals surface area contributed by atoms with Gasteiger partial charge in [0.25, 0.3) is 5.91 Å². The molecule has 0 aliphatic heterocycles. The van der Waals surface area contributed by atoms with Crippen LogP contribution >= 0.6 is 11.3 Å². The molecule has 9 heteroatoms. The summed E-state index contributed by atoms with van der Waals surface area (Å²) in [6.07, 6.45) is 5.01. The molecule has 3 rings (SSSR count). The SMILES string of the molecule is CC(=O)c1sc(NC(=O)c2ccc(S(=O)(=O)N(C)C3CCCCC3)cc2)nc1C. The van der Waals surface area contributed by atoms with Crippen LogP contribution in [0.25, 0.3) is 0 Å². The van der Waals surface area contributed by atoms with Crippen LogP contribution in [0.4, 0.5) is 5.13 Å². The quantitative estimate of drug-likeness (QED) is 0.695. The van der Waals surface area contributed by atoms with Crippen molar-refractivity contribution >= 4 is 38.2 Å². The molecule has 1 aliphatic rings. The molecule has 7 nitrogen and oxygen atoms in total. The van der Waals surface area contributed by atoms with Crippen molar-refractivity contribution in [3.8, 4) is 0 Å². The summed E-state index contributed by atoms with van der Waals surface area (Å²) < 4.78 is 27.2. The maximum absolute atomic E-state index is 12.9. The lowest BCUT2D eigenvalue weighted by atomic mass is 9.96. The number of sulfonamides is 1. The lowest BCUT2D eigenvalue weighted by molar-refractivity contribution is 0.101. The molecule has 0 atom stereocenters. The second kappa shape index (κ2) is 8.73. The van der Waals surface area contributed by atoms with Gasteiger partial charge in [0, 0.05) is 25.6 Å². The maximum Gasteiger partial charge on any atom is 0.257 e. The Bertz CT molecular complexity index is 1010. The van der Waals surface area contributed by atoms with Crippen LogP contribution in [0.3, 0.4) is 0 Å². The number of carbonyl (C=O) groups is 2. The molecule has 156 valence electrons. The molecule has 0 spiro atoms. The Labute approximate surface area is 175 Å². The molecule has 1 aromatic carbocycles. The lowest BCUT2D eigenvalue weighted by Crippen LogP contribution is -2.38. The number of benzene rings is 1. The highest BCUT2D eigenvalue weighted by atomic mass is 32.2. The second-order valence-electron chi connectivity index (χ2n) is 7.28. The van der Waals surface area contributed by atoms with Gasteiger partial charge in [-0.3, -0.25) is 14.9 Å². The average Bonchev–Trinajstić information content (AvgIpc) is 3.08. The molecule has 1 heterocycles. The number of nitrogens with one attached hydrogen (secondary N) is 1. The molecule has 2 aromatic rings. The monoisotopic (exact) mass is 435 g/mol. The van der Waals surface area contributed by atoms with E-state index in [1.807, 2.05) is 0 Å². The number of ketones is 1.